The van der Waals surface area contributed by atoms with Crippen LogP contribution in [0.3, 0.4) is 0 Å². The molecule has 0 aliphatic carbocycles. The molecule has 1 aromatic rings. The fraction of sp³-hybridized carbons (Fsp3) is 0.400. The van der Waals surface area contributed by atoms with Gasteiger partial charge in [-0.15, -0.1) is 0 Å². The van der Waals surface area contributed by atoms with E-state index in [1.807, 2.05) is 0 Å². The Morgan fingerprint density at radius 2 is 2.08 bits per heavy atom. The molecule has 0 radical (unpaired) electrons. The quantitative estimate of drug-likeness (QED) is 0.670. The van der Waals surface area contributed by atoms with Crippen LogP contribution in [0.15, 0.2) is 24.3 Å². The van der Waals surface area contributed by atoms with E-state index in [2.05, 4.69) is 40.2 Å². The molecule has 1 nitrogen and oxygen atoms in total. The topological polar surface area (TPSA) is 9.23 Å². The standard InChI is InChI=1S/C10H11BrO/c11-6-10-5-8-3-1-2-4-9(8)7-12-10/h1-4,10H,5-7H2/t10-/m0/s1. The minimum atomic E-state index is 0.361. The van der Waals surface area contributed by atoms with Crippen molar-refractivity contribution in [3.63, 3.8) is 0 Å². The van der Waals surface area contributed by atoms with Crippen molar-refractivity contribution in [3.8, 4) is 0 Å². The van der Waals surface area contributed by atoms with Gasteiger partial charge in [0.1, 0.15) is 0 Å². The Morgan fingerprint density at radius 1 is 1.33 bits per heavy atom. The van der Waals surface area contributed by atoms with Crippen LogP contribution in [0.1, 0.15) is 11.1 Å². The van der Waals surface area contributed by atoms with Crippen molar-refractivity contribution < 1.29 is 4.74 Å². The first kappa shape index (κ1) is 8.27. The van der Waals surface area contributed by atoms with E-state index < -0.39 is 0 Å². The molecule has 0 amide bonds. The SMILES string of the molecule is BrC[C@@H]1Cc2ccccc2CO1. The summed E-state index contributed by atoms with van der Waals surface area (Å²) >= 11 is 3.44. The monoisotopic (exact) mass is 226 g/mol. The van der Waals surface area contributed by atoms with Gasteiger partial charge in [0.15, 0.2) is 0 Å². The Bertz CT molecular complexity index is 272. The minimum absolute atomic E-state index is 0.361. The average Bonchev–Trinajstić information content (AvgIpc) is 2.17. The molecule has 0 N–H and O–H groups in total. The van der Waals surface area contributed by atoms with Crippen molar-refractivity contribution >= 4 is 15.9 Å². The van der Waals surface area contributed by atoms with Gasteiger partial charge in [-0.1, -0.05) is 40.2 Å². The normalized spacial score (nSPS) is 21.9. The van der Waals surface area contributed by atoms with Crippen LogP contribution in [-0.2, 0) is 17.8 Å². The zero-order valence-corrected chi connectivity index (χ0v) is 8.38. The second-order valence-electron chi connectivity index (χ2n) is 3.06. The molecule has 1 atom stereocenters. The third-order valence-electron chi connectivity index (χ3n) is 2.21. The van der Waals surface area contributed by atoms with Crippen LogP contribution < -0.4 is 0 Å². The van der Waals surface area contributed by atoms with Gasteiger partial charge in [-0.25, -0.2) is 0 Å². The molecular formula is C10H11BrO. The number of hydrogen-bond acceptors (Lipinski definition) is 1. The highest BCUT2D eigenvalue weighted by Crippen LogP contribution is 2.20. The van der Waals surface area contributed by atoms with Crippen LogP contribution in [-0.4, -0.2) is 11.4 Å². The van der Waals surface area contributed by atoms with Crippen LogP contribution in [0.4, 0.5) is 0 Å². The molecule has 0 unspecified atom stereocenters. The van der Waals surface area contributed by atoms with E-state index >= 15 is 0 Å². The van der Waals surface area contributed by atoms with E-state index in [0.717, 1.165) is 18.4 Å². The fourth-order valence-corrected chi connectivity index (χ4v) is 1.92. The van der Waals surface area contributed by atoms with Crippen molar-refractivity contribution in [3.05, 3.63) is 35.4 Å². The summed E-state index contributed by atoms with van der Waals surface area (Å²) in [6.07, 6.45) is 1.40. The largest absolute Gasteiger partial charge is 0.372 e. The van der Waals surface area contributed by atoms with Gasteiger partial charge in [-0.05, 0) is 17.5 Å². The molecule has 12 heavy (non-hydrogen) atoms. The van der Waals surface area contributed by atoms with Gasteiger partial charge in [0, 0.05) is 5.33 Å². The molecule has 1 aromatic carbocycles. The van der Waals surface area contributed by atoms with E-state index in [9.17, 15) is 0 Å². The Labute approximate surface area is 80.9 Å². The highest BCUT2D eigenvalue weighted by atomic mass is 79.9. The Morgan fingerprint density at radius 3 is 2.83 bits per heavy atom. The zero-order valence-electron chi connectivity index (χ0n) is 6.79. The van der Waals surface area contributed by atoms with Crippen molar-refractivity contribution in [1.82, 2.24) is 0 Å². The molecular weight excluding hydrogens is 216 g/mol. The third-order valence-corrected chi connectivity index (χ3v) is 2.93. The van der Waals surface area contributed by atoms with Crippen molar-refractivity contribution in [2.45, 2.75) is 19.1 Å². The molecule has 64 valence electrons. The fourth-order valence-electron chi connectivity index (χ4n) is 1.51. The number of ether oxygens (including phenoxy) is 1. The van der Waals surface area contributed by atoms with E-state index in [-0.39, 0.29) is 0 Å². The zero-order chi connectivity index (χ0) is 8.39. The number of halogens is 1. The second kappa shape index (κ2) is 3.58. The first-order chi connectivity index (χ1) is 5.90. The van der Waals surface area contributed by atoms with E-state index in [0.29, 0.717) is 6.10 Å². The van der Waals surface area contributed by atoms with E-state index in [1.165, 1.54) is 11.1 Å². The molecule has 1 aliphatic heterocycles. The maximum atomic E-state index is 5.61. The van der Waals surface area contributed by atoms with Crippen molar-refractivity contribution in [1.29, 1.82) is 0 Å². The van der Waals surface area contributed by atoms with Crippen molar-refractivity contribution in [2.24, 2.45) is 0 Å². The molecule has 0 bridgehead atoms. The molecule has 0 aromatic heterocycles. The Balaban J connectivity index is 2.23. The van der Waals surface area contributed by atoms with Crippen LogP contribution in [0, 0.1) is 0 Å². The summed E-state index contributed by atoms with van der Waals surface area (Å²) < 4.78 is 5.61. The summed E-state index contributed by atoms with van der Waals surface area (Å²) in [7, 11) is 0. The summed E-state index contributed by atoms with van der Waals surface area (Å²) in [5.74, 6) is 0. The van der Waals surface area contributed by atoms with Gasteiger partial charge < -0.3 is 4.74 Å². The molecule has 0 spiro atoms. The van der Waals surface area contributed by atoms with Crippen LogP contribution in [0.2, 0.25) is 0 Å². The van der Waals surface area contributed by atoms with Crippen LogP contribution >= 0.6 is 15.9 Å². The van der Waals surface area contributed by atoms with E-state index in [4.69, 9.17) is 4.74 Å². The van der Waals surface area contributed by atoms with E-state index in [1.54, 1.807) is 0 Å². The average molecular weight is 227 g/mol. The first-order valence-corrected chi connectivity index (χ1v) is 5.26. The molecule has 2 heteroatoms. The van der Waals surface area contributed by atoms with Gasteiger partial charge >= 0.3 is 0 Å². The highest BCUT2D eigenvalue weighted by molar-refractivity contribution is 9.09. The predicted octanol–water partition coefficient (Wildman–Crippen LogP) is 2.52. The molecule has 1 aliphatic rings. The van der Waals surface area contributed by atoms with Gasteiger partial charge in [0.25, 0.3) is 0 Å². The molecule has 0 fully saturated rings. The van der Waals surface area contributed by atoms with Crippen LogP contribution in [0.5, 0.6) is 0 Å². The number of alkyl halides is 1. The Kier molecular flexibility index (Phi) is 2.47. The number of fused-ring (bicyclic) bond motifs is 1. The van der Waals surface area contributed by atoms with Gasteiger partial charge in [-0.2, -0.15) is 0 Å². The molecule has 0 saturated heterocycles. The minimum Gasteiger partial charge on any atom is -0.372 e. The number of hydrogen-bond donors (Lipinski definition) is 0. The summed E-state index contributed by atoms with van der Waals surface area (Å²) in [5.41, 5.74) is 2.78. The Hall–Kier alpha value is -0.340. The summed E-state index contributed by atoms with van der Waals surface area (Å²) in [6.45, 7) is 0.770. The van der Waals surface area contributed by atoms with Gasteiger partial charge in [0.05, 0.1) is 12.7 Å². The summed E-state index contributed by atoms with van der Waals surface area (Å²) in [6, 6.07) is 8.49. The third kappa shape index (κ3) is 1.54. The lowest BCUT2D eigenvalue weighted by Gasteiger charge is -2.23. The lowest BCUT2D eigenvalue weighted by molar-refractivity contribution is 0.0449. The van der Waals surface area contributed by atoms with Crippen molar-refractivity contribution in [2.75, 3.05) is 5.33 Å². The molecule has 0 saturated carbocycles. The number of rotatable bonds is 1. The maximum absolute atomic E-state index is 5.61. The van der Waals surface area contributed by atoms with Gasteiger partial charge in [0.2, 0.25) is 0 Å². The lowest BCUT2D eigenvalue weighted by Crippen LogP contribution is -2.23. The lowest BCUT2D eigenvalue weighted by atomic mass is 10.0. The smallest absolute Gasteiger partial charge is 0.0723 e. The maximum Gasteiger partial charge on any atom is 0.0723 e. The molecule has 2 rings (SSSR count). The summed E-state index contributed by atoms with van der Waals surface area (Å²) in [5, 5.41) is 0.932. The second-order valence-corrected chi connectivity index (χ2v) is 3.71. The molecule has 1 heterocycles. The summed E-state index contributed by atoms with van der Waals surface area (Å²) in [4.78, 5) is 0. The predicted molar refractivity (Wildman–Crippen MR) is 52.5 cm³/mol. The first-order valence-electron chi connectivity index (χ1n) is 4.14. The van der Waals surface area contributed by atoms with Gasteiger partial charge in [-0.3, -0.25) is 0 Å². The highest BCUT2D eigenvalue weighted by Gasteiger charge is 2.16. The number of benzene rings is 1. The van der Waals surface area contributed by atoms with Crippen LogP contribution in [0.25, 0.3) is 0 Å².